The van der Waals surface area contributed by atoms with E-state index in [4.69, 9.17) is 10.5 Å². The van der Waals surface area contributed by atoms with Crippen LogP contribution in [0.3, 0.4) is 0 Å². The highest BCUT2D eigenvalue weighted by Gasteiger charge is 2.35. The molecule has 0 aliphatic rings. The number of hydrogen-bond acceptors (Lipinski definition) is 10. The SMILES string of the molecule is C=Cc1cccc(O)c1C(O)=CC(=O)[C@H](O)C(=O)/C(C(N)=O)=C(/O)[C@H](C[C@H](CC)OC(=O)CC)N(C)C. The minimum Gasteiger partial charge on any atom is -0.510 e. The Kier molecular flexibility index (Phi) is 11.7. The maximum absolute atomic E-state index is 12.9. The van der Waals surface area contributed by atoms with Crippen LogP contribution in [0.1, 0.15) is 44.2 Å². The molecular weight excluding hydrogens is 484 g/mol. The van der Waals surface area contributed by atoms with E-state index >= 15 is 0 Å². The van der Waals surface area contributed by atoms with Gasteiger partial charge in [0.25, 0.3) is 5.91 Å². The van der Waals surface area contributed by atoms with Crippen molar-refractivity contribution in [2.75, 3.05) is 14.1 Å². The Hall–Kier alpha value is -3.96. The summed E-state index contributed by atoms with van der Waals surface area (Å²) in [5, 5.41) is 41.6. The molecule has 1 aromatic rings. The lowest BCUT2D eigenvalue weighted by molar-refractivity contribution is -0.150. The minimum absolute atomic E-state index is 0.0204. The van der Waals surface area contributed by atoms with Gasteiger partial charge >= 0.3 is 5.97 Å². The van der Waals surface area contributed by atoms with E-state index in [1.165, 1.54) is 43.3 Å². The molecule has 11 heteroatoms. The molecule has 37 heavy (non-hydrogen) atoms. The van der Waals surface area contributed by atoms with E-state index in [-0.39, 0.29) is 24.0 Å². The first-order valence-electron chi connectivity index (χ1n) is 11.5. The quantitative estimate of drug-likeness (QED) is 0.0798. The summed E-state index contributed by atoms with van der Waals surface area (Å²) in [6.07, 6.45) is -0.899. The number of Topliss-reactive ketones (excluding diaryl/α,β-unsaturated/α-hetero) is 1. The second-order valence-electron chi connectivity index (χ2n) is 8.36. The lowest BCUT2D eigenvalue weighted by atomic mass is 9.95. The number of aliphatic hydroxyl groups is 3. The van der Waals surface area contributed by atoms with Crippen molar-refractivity contribution in [3.63, 3.8) is 0 Å². The van der Waals surface area contributed by atoms with Crippen LogP contribution in [0, 0.1) is 0 Å². The Balaban J connectivity index is 3.39. The second kappa shape index (κ2) is 14.0. The zero-order valence-corrected chi connectivity index (χ0v) is 21.3. The highest BCUT2D eigenvalue weighted by molar-refractivity contribution is 6.27. The van der Waals surface area contributed by atoms with Gasteiger partial charge < -0.3 is 30.9 Å². The Morgan fingerprint density at radius 1 is 1.16 bits per heavy atom. The van der Waals surface area contributed by atoms with Crippen molar-refractivity contribution in [2.45, 2.75) is 51.4 Å². The van der Waals surface area contributed by atoms with Gasteiger partial charge in [-0.05, 0) is 32.1 Å². The molecule has 3 atom stereocenters. The summed E-state index contributed by atoms with van der Waals surface area (Å²) in [4.78, 5) is 50.8. The Labute approximate surface area is 215 Å². The standard InChI is InChI=1S/C26H34N2O9/c1-6-14-10-9-11-17(29)21(14)18(30)13-19(31)24(34)25(35)22(26(27)36)23(33)16(28(4)5)12-15(7-2)37-20(32)8-3/h6,9-11,13,15-16,24,29-30,33-34H,1,7-8,12H2,2-5H3,(H2,27,36)/b18-13?,23-22-/t15-,16-,24-/m0/s1. The number of ketones is 2. The number of aliphatic hydroxyl groups excluding tert-OH is 3. The molecular formula is C26H34N2O9. The number of likely N-dealkylation sites (N-methyl/N-ethyl adjacent to an activating group) is 1. The Morgan fingerprint density at radius 3 is 2.27 bits per heavy atom. The van der Waals surface area contributed by atoms with Gasteiger partial charge in [-0.25, -0.2) is 0 Å². The molecule has 0 radical (unpaired) electrons. The lowest BCUT2D eigenvalue weighted by Crippen LogP contribution is -2.40. The molecule has 1 rings (SSSR count). The molecule has 1 aromatic carbocycles. The topological polar surface area (TPSA) is 188 Å². The predicted octanol–water partition coefficient (Wildman–Crippen LogP) is 1.78. The third-order valence-electron chi connectivity index (χ3n) is 5.56. The van der Waals surface area contributed by atoms with Crippen molar-refractivity contribution in [3.8, 4) is 5.75 Å². The van der Waals surface area contributed by atoms with Crippen LogP contribution in [0.25, 0.3) is 11.8 Å². The molecule has 0 aliphatic carbocycles. The summed E-state index contributed by atoms with van der Waals surface area (Å²) in [7, 11) is 3.06. The Morgan fingerprint density at radius 2 is 1.78 bits per heavy atom. The smallest absolute Gasteiger partial charge is 0.305 e. The van der Waals surface area contributed by atoms with E-state index in [0.29, 0.717) is 12.5 Å². The fraction of sp³-hybridized carbons (Fsp3) is 0.385. The first kappa shape index (κ1) is 31.1. The van der Waals surface area contributed by atoms with Gasteiger partial charge in [0.2, 0.25) is 5.78 Å². The minimum atomic E-state index is -2.51. The van der Waals surface area contributed by atoms with Crippen molar-refractivity contribution >= 4 is 35.3 Å². The van der Waals surface area contributed by atoms with E-state index in [2.05, 4.69) is 6.58 Å². The zero-order valence-electron chi connectivity index (χ0n) is 21.3. The van der Waals surface area contributed by atoms with Crippen molar-refractivity contribution in [3.05, 3.63) is 53.3 Å². The molecule has 0 aliphatic heterocycles. The van der Waals surface area contributed by atoms with E-state index in [0.717, 1.165) is 0 Å². The fourth-order valence-electron chi connectivity index (χ4n) is 3.48. The van der Waals surface area contributed by atoms with Crippen molar-refractivity contribution in [2.24, 2.45) is 5.73 Å². The molecule has 0 unspecified atom stereocenters. The highest BCUT2D eigenvalue weighted by atomic mass is 16.5. The molecule has 11 nitrogen and oxygen atoms in total. The monoisotopic (exact) mass is 518 g/mol. The maximum atomic E-state index is 12.9. The van der Waals surface area contributed by atoms with E-state index in [9.17, 15) is 39.6 Å². The van der Waals surface area contributed by atoms with Gasteiger partial charge in [0.05, 0.1) is 11.6 Å². The van der Waals surface area contributed by atoms with Gasteiger partial charge in [-0.2, -0.15) is 0 Å². The number of esters is 1. The maximum Gasteiger partial charge on any atom is 0.305 e. The summed E-state index contributed by atoms with van der Waals surface area (Å²) in [5.74, 6) is -6.68. The number of nitrogens with zero attached hydrogens (tertiary/aromatic N) is 1. The van der Waals surface area contributed by atoms with E-state index in [1.807, 2.05) is 0 Å². The molecule has 202 valence electrons. The zero-order chi connectivity index (χ0) is 28.4. The molecule has 0 heterocycles. The average Bonchev–Trinajstić information content (AvgIpc) is 2.84. The number of nitrogens with two attached hydrogens (primary N) is 1. The number of aromatic hydroxyl groups is 1. The predicted molar refractivity (Wildman–Crippen MR) is 136 cm³/mol. The van der Waals surface area contributed by atoms with Gasteiger partial charge in [0.1, 0.15) is 28.9 Å². The highest BCUT2D eigenvalue weighted by Crippen LogP contribution is 2.28. The molecule has 0 bridgehead atoms. The molecule has 0 fully saturated rings. The number of amides is 1. The van der Waals surface area contributed by atoms with Crippen LogP contribution >= 0.6 is 0 Å². The van der Waals surface area contributed by atoms with Crippen LogP contribution in [0.5, 0.6) is 5.75 Å². The number of phenols is 1. The van der Waals surface area contributed by atoms with Crippen LogP contribution < -0.4 is 5.73 Å². The number of rotatable bonds is 14. The number of primary amides is 1. The molecule has 1 amide bonds. The normalized spacial score (nSPS) is 14.8. The Bertz CT molecular complexity index is 1110. The number of benzene rings is 1. The van der Waals surface area contributed by atoms with Crippen molar-refractivity contribution in [1.29, 1.82) is 0 Å². The average molecular weight is 519 g/mol. The summed E-state index contributed by atoms with van der Waals surface area (Å²) < 4.78 is 5.31. The number of carbonyl (C=O) groups is 4. The second-order valence-corrected chi connectivity index (χ2v) is 8.36. The molecule has 0 aromatic heterocycles. The number of phenolic OH excluding ortho intramolecular Hbond substituents is 1. The van der Waals surface area contributed by atoms with Crippen molar-refractivity contribution in [1.82, 2.24) is 4.90 Å². The summed E-state index contributed by atoms with van der Waals surface area (Å²) >= 11 is 0. The van der Waals surface area contributed by atoms with Crippen LogP contribution in [-0.4, -0.2) is 81.1 Å². The summed E-state index contributed by atoms with van der Waals surface area (Å²) in [5.41, 5.74) is 4.40. The third-order valence-corrected chi connectivity index (χ3v) is 5.56. The van der Waals surface area contributed by atoms with Gasteiger partial charge in [-0.15, -0.1) is 0 Å². The lowest BCUT2D eigenvalue weighted by Gasteiger charge is -2.28. The number of hydrogen-bond donors (Lipinski definition) is 5. The first-order valence-corrected chi connectivity index (χ1v) is 11.5. The summed E-state index contributed by atoms with van der Waals surface area (Å²) in [6.45, 7) is 6.90. The van der Waals surface area contributed by atoms with Crippen LogP contribution in [0.4, 0.5) is 0 Å². The van der Waals surface area contributed by atoms with Crippen LogP contribution in [0.15, 0.2) is 42.2 Å². The summed E-state index contributed by atoms with van der Waals surface area (Å²) in [6, 6.07) is 3.17. The molecule has 6 N–H and O–H groups in total. The largest absolute Gasteiger partial charge is 0.510 e. The molecule has 0 spiro atoms. The third kappa shape index (κ3) is 8.02. The molecule has 0 saturated carbocycles. The van der Waals surface area contributed by atoms with Gasteiger partial charge in [0.15, 0.2) is 11.9 Å². The van der Waals surface area contributed by atoms with Gasteiger partial charge in [-0.3, -0.25) is 24.1 Å². The van der Waals surface area contributed by atoms with Gasteiger partial charge in [0, 0.05) is 18.9 Å². The fourth-order valence-corrected chi connectivity index (χ4v) is 3.48. The van der Waals surface area contributed by atoms with E-state index in [1.54, 1.807) is 13.8 Å². The molecule has 0 saturated heterocycles. The van der Waals surface area contributed by atoms with Gasteiger partial charge in [-0.1, -0.05) is 38.6 Å². The number of ether oxygens (including phenoxy) is 1. The van der Waals surface area contributed by atoms with Crippen LogP contribution in [-0.2, 0) is 23.9 Å². The first-order chi connectivity index (χ1) is 17.3. The van der Waals surface area contributed by atoms with Crippen molar-refractivity contribution < 1.29 is 44.3 Å². The van der Waals surface area contributed by atoms with Crippen LogP contribution in [0.2, 0.25) is 0 Å². The number of carbonyl (C=O) groups excluding carboxylic acids is 4. The van der Waals surface area contributed by atoms with E-state index < -0.39 is 64.5 Å².